The molecule has 182 valence electrons. The van der Waals surface area contributed by atoms with Gasteiger partial charge < -0.3 is 4.98 Å². The fourth-order valence-electron chi connectivity index (χ4n) is 5.89. The molecule has 0 bridgehead atoms. The quantitative estimate of drug-likeness (QED) is 0.264. The molecule has 5 aromatic carbocycles. The Kier molecular flexibility index (Phi) is 4.82. The molecule has 0 radical (unpaired) electrons. The van der Waals surface area contributed by atoms with Crippen LogP contribution in [0.25, 0.3) is 77.1 Å². The normalized spacial score (nSPS) is 11.6. The second-order valence-electron chi connectivity index (χ2n) is 9.90. The minimum absolute atomic E-state index is 0.952. The predicted octanol–water partition coefficient (Wildman–Crippen LogP) is 9.42. The largest absolute Gasteiger partial charge is 0.353 e. The highest BCUT2D eigenvalue weighted by atomic mass is 14.8. The van der Waals surface area contributed by atoms with Gasteiger partial charge in [0.05, 0.1) is 28.1 Å². The van der Waals surface area contributed by atoms with Crippen LogP contribution in [-0.4, -0.2) is 15.0 Å². The molecule has 0 aliphatic carbocycles. The molecule has 0 atom stereocenters. The van der Waals surface area contributed by atoms with Crippen molar-refractivity contribution in [1.82, 2.24) is 15.0 Å². The van der Waals surface area contributed by atoms with Crippen molar-refractivity contribution >= 4 is 43.4 Å². The van der Waals surface area contributed by atoms with E-state index in [0.29, 0.717) is 0 Å². The van der Waals surface area contributed by atoms with Gasteiger partial charge in [-0.05, 0) is 57.9 Å². The molecule has 8 rings (SSSR count). The summed E-state index contributed by atoms with van der Waals surface area (Å²) in [5, 5.41) is 7.14. The van der Waals surface area contributed by atoms with Gasteiger partial charge in [0.1, 0.15) is 0 Å². The van der Waals surface area contributed by atoms with Crippen molar-refractivity contribution in [2.24, 2.45) is 0 Å². The van der Waals surface area contributed by atoms with Crippen molar-refractivity contribution < 1.29 is 0 Å². The number of nitrogens with one attached hydrogen (secondary N) is 1. The molecule has 0 aliphatic heterocycles. The monoisotopic (exact) mass is 497 g/mol. The number of benzene rings is 5. The lowest BCUT2D eigenvalue weighted by atomic mass is 9.95. The first kappa shape index (κ1) is 21.8. The zero-order chi connectivity index (χ0) is 25.8. The third-order valence-electron chi connectivity index (χ3n) is 7.63. The molecule has 0 amide bonds. The number of aromatic amines is 1. The van der Waals surface area contributed by atoms with E-state index in [2.05, 4.69) is 120 Å². The smallest absolute Gasteiger partial charge is 0.0736 e. The van der Waals surface area contributed by atoms with Gasteiger partial charge in [-0.3, -0.25) is 4.98 Å². The average molecular weight is 498 g/mol. The van der Waals surface area contributed by atoms with Gasteiger partial charge in [0.15, 0.2) is 0 Å². The second kappa shape index (κ2) is 8.64. The molecule has 0 spiro atoms. The maximum atomic E-state index is 5.19. The number of H-pyrrole nitrogens is 1. The van der Waals surface area contributed by atoms with Gasteiger partial charge in [-0.1, -0.05) is 91.0 Å². The predicted molar refractivity (Wildman–Crippen MR) is 163 cm³/mol. The van der Waals surface area contributed by atoms with Crippen LogP contribution in [0.2, 0.25) is 0 Å². The molecule has 3 nitrogen and oxygen atoms in total. The van der Waals surface area contributed by atoms with Gasteiger partial charge in [-0.2, -0.15) is 0 Å². The van der Waals surface area contributed by atoms with Crippen LogP contribution >= 0.6 is 0 Å². The molecule has 39 heavy (non-hydrogen) atoms. The van der Waals surface area contributed by atoms with Crippen LogP contribution in [0.5, 0.6) is 0 Å². The first-order chi connectivity index (χ1) is 19.3. The molecule has 1 N–H and O–H groups in total. The van der Waals surface area contributed by atoms with E-state index in [9.17, 15) is 0 Å². The second-order valence-corrected chi connectivity index (χ2v) is 9.90. The Labute approximate surface area is 225 Å². The van der Waals surface area contributed by atoms with E-state index in [-0.39, 0.29) is 0 Å². The first-order valence-corrected chi connectivity index (χ1v) is 13.2. The molecule has 0 aliphatic rings. The fraction of sp³-hybridized carbons (Fsp3) is 0. The van der Waals surface area contributed by atoms with Gasteiger partial charge in [0.25, 0.3) is 0 Å². The number of fused-ring (bicyclic) bond motifs is 5. The molecular weight excluding hydrogens is 474 g/mol. The summed E-state index contributed by atoms with van der Waals surface area (Å²) in [4.78, 5) is 13.8. The van der Waals surface area contributed by atoms with Crippen LogP contribution in [0.3, 0.4) is 0 Å². The maximum Gasteiger partial charge on any atom is 0.0736 e. The molecule has 8 aromatic rings. The molecule has 0 saturated heterocycles. The molecule has 3 heteroatoms. The Bertz CT molecular complexity index is 2160. The van der Waals surface area contributed by atoms with Crippen molar-refractivity contribution in [2.75, 3.05) is 0 Å². The fourth-order valence-corrected chi connectivity index (χ4v) is 5.89. The van der Waals surface area contributed by atoms with Crippen LogP contribution in [0, 0.1) is 0 Å². The SMILES string of the molecule is c1ccc(-c2cccc(-c3c4ccccc4cc4c3[nH]c3c(-c5ccccn5)c5ccccc5cc34)n2)cc1. The number of hydrogen-bond donors (Lipinski definition) is 1. The third-order valence-corrected chi connectivity index (χ3v) is 7.63. The zero-order valence-electron chi connectivity index (χ0n) is 21.1. The number of aromatic nitrogens is 3. The summed E-state index contributed by atoms with van der Waals surface area (Å²) in [5.74, 6) is 0. The van der Waals surface area contributed by atoms with Crippen LogP contribution in [0.1, 0.15) is 0 Å². The lowest BCUT2D eigenvalue weighted by Gasteiger charge is -2.10. The van der Waals surface area contributed by atoms with E-state index in [0.717, 1.165) is 44.8 Å². The van der Waals surface area contributed by atoms with Crippen molar-refractivity contribution in [3.05, 3.63) is 134 Å². The van der Waals surface area contributed by atoms with E-state index in [4.69, 9.17) is 9.97 Å². The van der Waals surface area contributed by atoms with E-state index < -0.39 is 0 Å². The minimum atomic E-state index is 0.952. The summed E-state index contributed by atoms with van der Waals surface area (Å²) in [6.07, 6.45) is 1.87. The highest BCUT2D eigenvalue weighted by Crippen LogP contribution is 2.43. The molecule has 3 aromatic heterocycles. The van der Waals surface area contributed by atoms with Crippen molar-refractivity contribution in [3.8, 4) is 33.8 Å². The van der Waals surface area contributed by atoms with E-state index >= 15 is 0 Å². The Morgan fingerprint density at radius 2 is 1.00 bits per heavy atom. The van der Waals surface area contributed by atoms with Gasteiger partial charge in [0, 0.05) is 33.7 Å². The highest BCUT2D eigenvalue weighted by molar-refractivity contribution is 6.24. The van der Waals surface area contributed by atoms with E-state index in [1.165, 1.54) is 32.3 Å². The van der Waals surface area contributed by atoms with Crippen LogP contribution in [0.15, 0.2) is 134 Å². The number of nitrogens with zero attached hydrogens (tertiary/aromatic N) is 2. The lowest BCUT2D eigenvalue weighted by Crippen LogP contribution is -1.90. The topological polar surface area (TPSA) is 41.6 Å². The summed E-state index contributed by atoms with van der Waals surface area (Å²) in [6.45, 7) is 0. The summed E-state index contributed by atoms with van der Waals surface area (Å²) >= 11 is 0. The zero-order valence-corrected chi connectivity index (χ0v) is 21.1. The van der Waals surface area contributed by atoms with Crippen LogP contribution < -0.4 is 0 Å². The maximum absolute atomic E-state index is 5.19. The van der Waals surface area contributed by atoms with E-state index in [1.807, 2.05) is 18.3 Å². The average Bonchev–Trinajstić information content (AvgIpc) is 3.36. The summed E-state index contributed by atoms with van der Waals surface area (Å²) < 4.78 is 0. The highest BCUT2D eigenvalue weighted by Gasteiger charge is 2.19. The Morgan fingerprint density at radius 3 is 1.67 bits per heavy atom. The van der Waals surface area contributed by atoms with Crippen LogP contribution in [0.4, 0.5) is 0 Å². The first-order valence-electron chi connectivity index (χ1n) is 13.2. The standard InChI is InChI=1S/C36H23N3/c1-2-11-23(12-3-1)30-18-10-19-32(38-30)34-27-16-7-5-14-25(27)22-29-28-21-24-13-4-6-15-26(24)33(35(28)39-36(29)34)31-17-8-9-20-37-31/h1-22,39H. The van der Waals surface area contributed by atoms with Crippen molar-refractivity contribution in [1.29, 1.82) is 0 Å². The summed E-state index contributed by atoms with van der Waals surface area (Å²) in [6, 6.07) is 44.6. The Hall–Kier alpha value is -5.28. The van der Waals surface area contributed by atoms with Gasteiger partial charge in [0.2, 0.25) is 0 Å². The summed E-state index contributed by atoms with van der Waals surface area (Å²) in [5.41, 5.74) is 8.41. The molecule has 0 fully saturated rings. The summed E-state index contributed by atoms with van der Waals surface area (Å²) in [7, 11) is 0. The van der Waals surface area contributed by atoms with Gasteiger partial charge in [-0.15, -0.1) is 0 Å². The third kappa shape index (κ3) is 3.44. The Balaban J connectivity index is 1.52. The Morgan fingerprint density at radius 1 is 0.436 bits per heavy atom. The van der Waals surface area contributed by atoms with E-state index in [1.54, 1.807) is 0 Å². The number of hydrogen-bond acceptors (Lipinski definition) is 2. The van der Waals surface area contributed by atoms with Crippen molar-refractivity contribution in [3.63, 3.8) is 0 Å². The number of rotatable bonds is 3. The lowest BCUT2D eigenvalue weighted by molar-refractivity contribution is 1.33. The van der Waals surface area contributed by atoms with Crippen molar-refractivity contribution in [2.45, 2.75) is 0 Å². The number of pyridine rings is 2. The van der Waals surface area contributed by atoms with Crippen LogP contribution in [-0.2, 0) is 0 Å². The van der Waals surface area contributed by atoms with Gasteiger partial charge in [-0.25, -0.2) is 4.98 Å². The minimum Gasteiger partial charge on any atom is -0.353 e. The molecule has 0 unspecified atom stereocenters. The molecule has 3 heterocycles. The van der Waals surface area contributed by atoms with Gasteiger partial charge >= 0.3 is 0 Å². The molecule has 0 saturated carbocycles. The molecular formula is C36H23N3.